The molecule has 0 saturated heterocycles. The summed E-state index contributed by atoms with van der Waals surface area (Å²) < 4.78 is 0. The molecule has 3 amide bonds. The predicted molar refractivity (Wildman–Crippen MR) is 105 cm³/mol. The molecule has 0 aliphatic carbocycles. The molecule has 1 heterocycles. The van der Waals surface area contributed by atoms with Gasteiger partial charge in [-0.2, -0.15) is 0 Å². The second-order valence-corrected chi connectivity index (χ2v) is 6.59. The number of aromatic nitrogens is 2. The molecule has 0 fully saturated rings. The fourth-order valence-corrected chi connectivity index (χ4v) is 2.49. The fraction of sp³-hybridized carbons (Fsp3) is 0.588. The lowest BCUT2D eigenvalue weighted by atomic mass is 10.1. The molecule has 1 aromatic rings. The summed E-state index contributed by atoms with van der Waals surface area (Å²) in [6.45, 7) is -0.894. The first-order valence-corrected chi connectivity index (χ1v) is 9.42. The van der Waals surface area contributed by atoms with Crippen LogP contribution in [0.15, 0.2) is 12.5 Å². The van der Waals surface area contributed by atoms with Gasteiger partial charge in [-0.15, -0.1) is 0 Å². The lowest BCUT2D eigenvalue weighted by molar-refractivity contribution is -0.142. The van der Waals surface area contributed by atoms with Crippen LogP contribution >= 0.6 is 0 Å². The Morgan fingerprint density at radius 1 is 1.13 bits per heavy atom. The maximum atomic E-state index is 12.4. The molecule has 168 valence electrons. The number of nitrogens with zero attached hydrogens (tertiary/aromatic N) is 1. The largest absolute Gasteiger partial charge is 0.480 e. The van der Waals surface area contributed by atoms with Crippen molar-refractivity contribution in [3.63, 3.8) is 0 Å². The maximum absolute atomic E-state index is 12.4. The highest BCUT2D eigenvalue weighted by molar-refractivity contribution is 5.92. The van der Waals surface area contributed by atoms with E-state index in [0.717, 1.165) is 0 Å². The van der Waals surface area contributed by atoms with Crippen LogP contribution in [0.3, 0.4) is 0 Å². The third-order valence-electron chi connectivity index (χ3n) is 4.15. The van der Waals surface area contributed by atoms with Gasteiger partial charge in [0.1, 0.15) is 12.1 Å². The van der Waals surface area contributed by atoms with Gasteiger partial charge in [-0.05, 0) is 25.8 Å². The van der Waals surface area contributed by atoms with Crippen LogP contribution in [0.4, 0.5) is 0 Å². The van der Waals surface area contributed by atoms with Gasteiger partial charge < -0.3 is 42.6 Å². The number of aliphatic hydroxyl groups is 1. The van der Waals surface area contributed by atoms with Crippen molar-refractivity contribution in [2.24, 2.45) is 11.5 Å². The third-order valence-corrected chi connectivity index (χ3v) is 4.15. The van der Waals surface area contributed by atoms with Gasteiger partial charge in [0.15, 0.2) is 0 Å². The van der Waals surface area contributed by atoms with Crippen LogP contribution in [0.25, 0.3) is 0 Å². The van der Waals surface area contributed by atoms with Gasteiger partial charge in [-0.1, -0.05) is 0 Å². The molecule has 0 bridgehead atoms. The van der Waals surface area contributed by atoms with Crippen molar-refractivity contribution in [3.8, 4) is 0 Å². The van der Waals surface area contributed by atoms with Gasteiger partial charge in [-0.3, -0.25) is 14.4 Å². The molecule has 0 radical (unpaired) electrons. The van der Waals surface area contributed by atoms with Gasteiger partial charge >= 0.3 is 5.97 Å². The minimum absolute atomic E-state index is 0.198. The minimum atomic E-state index is -1.48. The van der Waals surface area contributed by atoms with Gasteiger partial charge in [-0.25, -0.2) is 9.78 Å². The first-order valence-electron chi connectivity index (χ1n) is 9.42. The maximum Gasteiger partial charge on any atom is 0.328 e. The number of aromatic amines is 1. The molecule has 30 heavy (non-hydrogen) atoms. The van der Waals surface area contributed by atoms with E-state index >= 15 is 0 Å². The average molecular weight is 427 g/mol. The first-order chi connectivity index (χ1) is 14.3. The normalized spacial score (nSPS) is 13.7. The van der Waals surface area contributed by atoms with E-state index in [1.807, 2.05) is 0 Å². The molecule has 0 aliphatic rings. The number of carboxylic acids is 1. The van der Waals surface area contributed by atoms with Crippen molar-refractivity contribution in [1.29, 1.82) is 0 Å². The van der Waals surface area contributed by atoms with Crippen LogP contribution in [0.2, 0.25) is 0 Å². The number of hydrogen-bond acceptors (Lipinski definition) is 8. The zero-order valence-electron chi connectivity index (χ0n) is 16.5. The monoisotopic (exact) mass is 427 g/mol. The number of nitrogens with two attached hydrogens (primary N) is 2. The molecule has 0 saturated carbocycles. The Hall–Kier alpha value is -3.03. The fourth-order valence-electron chi connectivity index (χ4n) is 2.49. The Morgan fingerprint density at radius 2 is 1.87 bits per heavy atom. The predicted octanol–water partition coefficient (Wildman–Crippen LogP) is -3.43. The standard InChI is InChI=1S/C17H29N7O6/c18-4-2-1-3-12(24-15(27)11(19)5-10-6-20-9-22-10)16(28)21-7-14(26)23-13(8-25)17(29)30/h6,9,11-13,25H,1-5,7-8,18-19H2,(H,20,22)(H,21,28)(H,23,26)(H,24,27)(H,29,30). The van der Waals surface area contributed by atoms with Crippen molar-refractivity contribution in [3.05, 3.63) is 18.2 Å². The zero-order valence-corrected chi connectivity index (χ0v) is 16.5. The molecule has 0 aromatic carbocycles. The number of carboxylic acid groups (broad SMARTS) is 1. The van der Waals surface area contributed by atoms with E-state index in [1.54, 1.807) is 0 Å². The molecule has 1 rings (SSSR count). The van der Waals surface area contributed by atoms with Gasteiger partial charge in [0.05, 0.1) is 25.5 Å². The van der Waals surface area contributed by atoms with E-state index in [-0.39, 0.29) is 12.8 Å². The number of unbranched alkanes of at least 4 members (excludes halogenated alkanes) is 1. The summed E-state index contributed by atoms with van der Waals surface area (Å²) in [6.07, 6.45) is 4.66. The Bertz CT molecular complexity index is 697. The van der Waals surface area contributed by atoms with Gasteiger partial charge in [0, 0.05) is 18.3 Å². The zero-order chi connectivity index (χ0) is 22.5. The Kier molecular flexibility index (Phi) is 11.0. The van der Waals surface area contributed by atoms with Crippen LogP contribution in [-0.4, -0.2) is 81.7 Å². The number of aliphatic hydroxyl groups excluding tert-OH is 1. The summed E-state index contributed by atoms with van der Waals surface area (Å²) in [5, 5.41) is 24.7. The summed E-state index contributed by atoms with van der Waals surface area (Å²) in [5.74, 6) is -3.38. The molecular weight excluding hydrogens is 398 g/mol. The summed E-state index contributed by atoms with van der Waals surface area (Å²) in [5.41, 5.74) is 12.0. The van der Waals surface area contributed by atoms with Crippen LogP contribution in [-0.2, 0) is 25.6 Å². The molecule has 0 aliphatic heterocycles. The minimum Gasteiger partial charge on any atom is -0.480 e. The van der Waals surface area contributed by atoms with E-state index < -0.39 is 55.0 Å². The highest BCUT2D eigenvalue weighted by atomic mass is 16.4. The van der Waals surface area contributed by atoms with E-state index in [9.17, 15) is 19.2 Å². The molecule has 13 heteroatoms. The number of amides is 3. The lowest BCUT2D eigenvalue weighted by Crippen LogP contribution is -2.54. The molecular formula is C17H29N7O6. The van der Waals surface area contributed by atoms with E-state index in [2.05, 4.69) is 25.9 Å². The number of hydrogen-bond donors (Lipinski definition) is 8. The number of H-pyrrole nitrogens is 1. The lowest BCUT2D eigenvalue weighted by Gasteiger charge is -2.21. The molecule has 3 unspecified atom stereocenters. The smallest absolute Gasteiger partial charge is 0.328 e. The number of imidazole rings is 1. The van der Waals surface area contributed by atoms with Crippen LogP contribution in [0, 0.1) is 0 Å². The van der Waals surface area contributed by atoms with Crippen molar-refractivity contribution >= 4 is 23.7 Å². The van der Waals surface area contributed by atoms with Crippen molar-refractivity contribution in [2.75, 3.05) is 19.7 Å². The quantitative estimate of drug-likeness (QED) is 0.138. The summed E-state index contributed by atoms with van der Waals surface area (Å²) in [6, 6.07) is -3.34. The number of carbonyl (C=O) groups excluding carboxylic acids is 3. The molecule has 0 spiro atoms. The number of nitrogens with one attached hydrogen (secondary N) is 4. The SMILES string of the molecule is NCCCCC(NC(=O)C(N)Cc1cnc[nH]1)C(=O)NCC(=O)NC(CO)C(=O)O. The number of rotatable bonds is 14. The molecule has 1 aromatic heterocycles. The van der Waals surface area contributed by atoms with Crippen LogP contribution < -0.4 is 27.4 Å². The highest BCUT2D eigenvalue weighted by Crippen LogP contribution is 2.03. The topological polar surface area (TPSA) is 226 Å². The van der Waals surface area contributed by atoms with Gasteiger partial charge in [0.2, 0.25) is 17.7 Å². The van der Waals surface area contributed by atoms with Crippen molar-refractivity contribution in [1.82, 2.24) is 25.9 Å². The van der Waals surface area contributed by atoms with Gasteiger partial charge in [0.25, 0.3) is 0 Å². The second kappa shape index (κ2) is 13.2. The summed E-state index contributed by atoms with van der Waals surface area (Å²) in [7, 11) is 0. The van der Waals surface area contributed by atoms with E-state index in [1.165, 1.54) is 12.5 Å². The Balaban J connectivity index is 2.62. The molecule has 10 N–H and O–H groups in total. The number of aliphatic carboxylic acids is 1. The number of carbonyl (C=O) groups is 4. The Morgan fingerprint density at radius 3 is 2.43 bits per heavy atom. The Labute approximate surface area is 173 Å². The first kappa shape index (κ1) is 25.0. The second-order valence-electron chi connectivity index (χ2n) is 6.59. The summed E-state index contributed by atoms with van der Waals surface area (Å²) in [4.78, 5) is 54.1. The third kappa shape index (κ3) is 8.98. The van der Waals surface area contributed by atoms with E-state index in [0.29, 0.717) is 25.1 Å². The molecule has 3 atom stereocenters. The van der Waals surface area contributed by atoms with Crippen LogP contribution in [0.5, 0.6) is 0 Å². The average Bonchev–Trinajstić information content (AvgIpc) is 3.22. The summed E-state index contributed by atoms with van der Waals surface area (Å²) >= 11 is 0. The van der Waals surface area contributed by atoms with Crippen LogP contribution in [0.1, 0.15) is 25.0 Å². The van der Waals surface area contributed by atoms with Crippen molar-refractivity contribution in [2.45, 2.75) is 43.8 Å². The van der Waals surface area contributed by atoms with Crippen molar-refractivity contribution < 1.29 is 29.4 Å². The highest BCUT2D eigenvalue weighted by Gasteiger charge is 2.25. The van der Waals surface area contributed by atoms with E-state index in [4.69, 9.17) is 21.7 Å². The molecule has 13 nitrogen and oxygen atoms in total.